The van der Waals surface area contributed by atoms with Crippen LogP contribution in [0, 0.1) is 5.92 Å². The molecule has 1 fully saturated rings. The van der Waals surface area contributed by atoms with Gasteiger partial charge in [-0.25, -0.2) is 9.59 Å². The molecule has 98 valence electrons. The number of hydrogen-bond acceptors (Lipinski definition) is 4. The van der Waals surface area contributed by atoms with Crippen molar-refractivity contribution in [3.8, 4) is 0 Å². The number of primary amides is 1. The van der Waals surface area contributed by atoms with Crippen molar-refractivity contribution in [3.63, 3.8) is 0 Å². The quantitative estimate of drug-likeness (QED) is 0.794. The highest BCUT2D eigenvalue weighted by molar-refractivity contribution is 5.68. The second kappa shape index (κ2) is 5.25. The van der Waals surface area contributed by atoms with Gasteiger partial charge in [0, 0.05) is 19.0 Å². The van der Waals surface area contributed by atoms with Gasteiger partial charge in [0.1, 0.15) is 5.60 Å². The number of carbonyl (C=O) groups excluding carboxylic acids is 2. The van der Waals surface area contributed by atoms with Crippen molar-refractivity contribution in [3.05, 3.63) is 0 Å². The molecule has 0 radical (unpaired) electrons. The molecule has 1 atom stereocenters. The minimum atomic E-state index is -0.777. The predicted molar refractivity (Wildman–Crippen MR) is 61.4 cm³/mol. The van der Waals surface area contributed by atoms with Crippen molar-refractivity contribution in [2.45, 2.75) is 32.8 Å². The van der Waals surface area contributed by atoms with Crippen molar-refractivity contribution >= 4 is 12.2 Å². The van der Waals surface area contributed by atoms with Crippen LogP contribution >= 0.6 is 0 Å². The lowest BCUT2D eigenvalue weighted by Crippen LogP contribution is -2.35. The Hall–Kier alpha value is -1.46. The SMILES string of the molecule is CC(C)(C)OC(=O)N1CCC(COC(N)=O)C1. The van der Waals surface area contributed by atoms with Crippen LogP contribution in [0.3, 0.4) is 0 Å². The molecule has 17 heavy (non-hydrogen) atoms. The summed E-state index contributed by atoms with van der Waals surface area (Å²) >= 11 is 0. The summed E-state index contributed by atoms with van der Waals surface area (Å²) in [6.07, 6.45) is -0.299. The fourth-order valence-electron chi connectivity index (χ4n) is 1.66. The lowest BCUT2D eigenvalue weighted by Gasteiger charge is -2.24. The molecule has 0 bridgehead atoms. The summed E-state index contributed by atoms with van der Waals surface area (Å²) in [5, 5.41) is 0. The first kappa shape index (κ1) is 13.6. The van der Waals surface area contributed by atoms with Crippen LogP contribution in [-0.2, 0) is 9.47 Å². The first-order chi connectivity index (χ1) is 7.78. The van der Waals surface area contributed by atoms with E-state index in [0.717, 1.165) is 6.42 Å². The van der Waals surface area contributed by atoms with E-state index in [1.54, 1.807) is 4.90 Å². The standard InChI is InChI=1S/C11H20N2O4/c1-11(2,3)17-10(15)13-5-4-8(6-13)7-16-9(12)14/h8H,4-7H2,1-3H3,(H2,12,14). The van der Waals surface area contributed by atoms with Crippen LogP contribution in [0.2, 0.25) is 0 Å². The molecule has 2 N–H and O–H groups in total. The number of rotatable bonds is 2. The van der Waals surface area contributed by atoms with Crippen LogP contribution in [0.4, 0.5) is 9.59 Å². The molecule has 2 amide bonds. The average molecular weight is 244 g/mol. The smallest absolute Gasteiger partial charge is 0.410 e. The summed E-state index contributed by atoms with van der Waals surface area (Å²) < 4.78 is 9.96. The molecule has 1 aliphatic heterocycles. The summed E-state index contributed by atoms with van der Waals surface area (Å²) in [5.41, 5.74) is 4.39. The van der Waals surface area contributed by atoms with E-state index in [2.05, 4.69) is 0 Å². The van der Waals surface area contributed by atoms with E-state index in [0.29, 0.717) is 13.1 Å². The zero-order chi connectivity index (χ0) is 13.1. The van der Waals surface area contributed by atoms with Crippen LogP contribution in [0.25, 0.3) is 0 Å². The highest BCUT2D eigenvalue weighted by Gasteiger charge is 2.30. The Balaban J connectivity index is 2.34. The molecule has 0 spiro atoms. The van der Waals surface area contributed by atoms with E-state index in [1.807, 2.05) is 20.8 Å². The minimum absolute atomic E-state index is 0.148. The highest BCUT2D eigenvalue weighted by Crippen LogP contribution is 2.19. The maximum atomic E-state index is 11.7. The van der Waals surface area contributed by atoms with Gasteiger partial charge in [-0.05, 0) is 27.2 Å². The van der Waals surface area contributed by atoms with Gasteiger partial charge in [-0.3, -0.25) is 0 Å². The molecule has 0 aromatic carbocycles. The molecular weight excluding hydrogens is 224 g/mol. The first-order valence-corrected chi connectivity index (χ1v) is 5.68. The normalized spacial score (nSPS) is 20.2. The minimum Gasteiger partial charge on any atom is -0.449 e. The number of carbonyl (C=O) groups is 2. The zero-order valence-electron chi connectivity index (χ0n) is 10.6. The van der Waals surface area contributed by atoms with Crippen molar-refractivity contribution in [2.24, 2.45) is 11.7 Å². The molecule has 6 heteroatoms. The number of amides is 2. The maximum Gasteiger partial charge on any atom is 0.410 e. The summed E-state index contributed by atoms with van der Waals surface area (Å²) in [6.45, 7) is 6.91. The van der Waals surface area contributed by atoms with Gasteiger partial charge >= 0.3 is 12.2 Å². The Bertz CT molecular complexity index is 298. The molecule has 1 saturated heterocycles. The molecule has 6 nitrogen and oxygen atoms in total. The van der Waals surface area contributed by atoms with Crippen LogP contribution in [0.5, 0.6) is 0 Å². The molecule has 1 unspecified atom stereocenters. The number of nitrogens with zero attached hydrogens (tertiary/aromatic N) is 1. The fourth-order valence-corrected chi connectivity index (χ4v) is 1.66. The van der Waals surface area contributed by atoms with E-state index >= 15 is 0 Å². The Morgan fingerprint density at radius 2 is 2.06 bits per heavy atom. The predicted octanol–water partition coefficient (Wildman–Crippen LogP) is 1.34. The van der Waals surface area contributed by atoms with E-state index in [9.17, 15) is 9.59 Å². The third-order valence-electron chi connectivity index (χ3n) is 2.40. The largest absolute Gasteiger partial charge is 0.449 e. The number of likely N-dealkylation sites (tertiary alicyclic amines) is 1. The summed E-state index contributed by atoms with van der Waals surface area (Å²) in [4.78, 5) is 23.8. The van der Waals surface area contributed by atoms with Crippen molar-refractivity contribution in [1.82, 2.24) is 4.90 Å². The van der Waals surface area contributed by atoms with Gasteiger partial charge in [0.05, 0.1) is 6.61 Å². The number of hydrogen-bond donors (Lipinski definition) is 1. The number of ether oxygens (including phenoxy) is 2. The van der Waals surface area contributed by atoms with Gasteiger partial charge in [-0.15, -0.1) is 0 Å². The molecule has 0 saturated carbocycles. The third-order valence-corrected chi connectivity index (χ3v) is 2.40. The maximum absolute atomic E-state index is 11.7. The van der Waals surface area contributed by atoms with Crippen LogP contribution in [0.15, 0.2) is 0 Å². The molecule has 1 heterocycles. The molecule has 0 aromatic rings. The van der Waals surface area contributed by atoms with Gasteiger partial charge in [0.15, 0.2) is 0 Å². The highest BCUT2D eigenvalue weighted by atomic mass is 16.6. The second-order valence-electron chi connectivity index (χ2n) is 5.21. The van der Waals surface area contributed by atoms with Crippen LogP contribution in [0.1, 0.15) is 27.2 Å². The average Bonchev–Trinajstić information content (AvgIpc) is 2.60. The van der Waals surface area contributed by atoms with E-state index in [4.69, 9.17) is 15.2 Å². The molecular formula is C11H20N2O4. The Labute approximate surface area is 101 Å². The summed E-state index contributed by atoms with van der Waals surface area (Å²) in [5.74, 6) is 0.148. The van der Waals surface area contributed by atoms with Crippen LogP contribution in [-0.4, -0.2) is 42.4 Å². The van der Waals surface area contributed by atoms with E-state index in [-0.39, 0.29) is 18.6 Å². The first-order valence-electron chi connectivity index (χ1n) is 5.68. The van der Waals surface area contributed by atoms with Gasteiger partial charge in [-0.1, -0.05) is 0 Å². The Morgan fingerprint density at radius 3 is 2.59 bits per heavy atom. The summed E-state index contributed by atoms with van der Waals surface area (Å²) in [6, 6.07) is 0. The van der Waals surface area contributed by atoms with E-state index in [1.165, 1.54) is 0 Å². The van der Waals surface area contributed by atoms with E-state index < -0.39 is 11.7 Å². The lowest BCUT2D eigenvalue weighted by molar-refractivity contribution is 0.0283. The summed E-state index contributed by atoms with van der Waals surface area (Å²) in [7, 11) is 0. The van der Waals surface area contributed by atoms with Gasteiger partial charge in [0.2, 0.25) is 0 Å². The molecule has 0 aliphatic carbocycles. The van der Waals surface area contributed by atoms with Crippen LogP contribution < -0.4 is 5.73 Å². The molecule has 1 rings (SSSR count). The van der Waals surface area contributed by atoms with Gasteiger partial charge in [-0.2, -0.15) is 0 Å². The Kier molecular flexibility index (Phi) is 4.20. The van der Waals surface area contributed by atoms with Crippen molar-refractivity contribution < 1.29 is 19.1 Å². The Morgan fingerprint density at radius 1 is 1.41 bits per heavy atom. The van der Waals surface area contributed by atoms with Crippen molar-refractivity contribution in [1.29, 1.82) is 0 Å². The third kappa shape index (κ3) is 4.93. The zero-order valence-corrected chi connectivity index (χ0v) is 10.6. The lowest BCUT2D eigenvalue weighted by atomic mass is 10.1. The fraction of sp³-hybridized carbons (Fsp3) is 0.818. The topological polar surface area (TPSA) is 81.9 Å². The molecule has 0 aromatic heterocycles. The number of nitrogens with two attached hydrogens (primary N) is 1. The monoisotopic (exact) mass is 244 g/mol. The van der Waals surface area contributed by atoms with Gasteiger partial charge in [0.25, 0.3) is 0 Å². The van der Waals surface area contributed by atoms with Crippen molar-refractivity contribution in [2.75, 3.05) is 19.7 Å². The molecule has 1 aliphatic rings. The second-order valence-corrected chi connectivity index (χ2v) is 5.21. The van der Waals surface area contributed by atoms with Gasteiger partial charge < -0.3 is 20.1 Å².